The molecule has 2 rings (SSSR count). The molecule has 0 aliphatic heterocycles. The molecule has 1 heterocycles. The lowest BCUT2D eigenvalue weighted by atomic mass is 10.1. The Kier molecular flexibility index (Phi) is 3.99. The molecule has 90 valence electrons. The standard InChI is InChI=1S/C13H23N3/c1-3-4-13(12-5-6-12)14-7-8-16-10-11(2)9-15-16/h9-10,12-14H,3-8H2,1-2H3. The van der Waals surface area contributed by atoms with Crippen LogP contribution in [-0.2, 0) is 6.54 Å². The van der Waals surface area contributed by atoms with Crippen molar-refractivity contribution >= 4 is 0 Å². The second kappa shape index (κ2) is 5.48. The van der Waals surface area contributed by atoms with Crippen molar-refractivity contribution in [3.63, 3.8) is 0 Å². The Hall–Kier alpha value is -0.830. The number of hydrogen-bond acceptors (Lipinski definition) is 2. The smallest absolute Gasteiger partial charge is 0.0534 e. The van der Waals surface area contributed by atoms with Crippen LogP contribution >= 0.6 is 0 Å². The van der Waals surface area contributed by atoms with Gasteiger partial charge in [0.25, 0.3) is 0 Å². The number of hydrogen-bond donors (Lipinski definition) is 1. The molecule has 1 atom stereocenters. The lowest BCUT2D eigenvalue weighted by molar-refractivity contribution is 0.413. The van der Waals surface area contributed by atoms with Crippen LogP contribution < -0.4 is 5.32 Å². The Morgan fingerprint density at radius 3 is 2.94 bits per heavy atom. The topological polar surface area (TPSA) is 29.9 Å². The summed E-state index contributed by atoms with van der Waals surface area (Å²) in [6.07, 6.45) is 9.49. The van der Waals surface area contributed by atoms with E-state index in [2.05, 4.69) is 30.5 Å². The zero-order valence-electron chi connectivity index (χ0n) is 10.4. The van der Waals surface area contributed by atoms with Crippen molar-refractivity contribution in [3.05, 3.63) is 18.0 Å². The molecule has 0 bridgehead atoms. The van der Waals surface area contributed by atoms with Gasteiger partial charge in [-0.25, -0.2) is 0 Å². The molecule has 0 spiro atoms. The van der Waals surface area contributed by atoms with Gasteiger partial charge in [-0.15, -0.1) is 0 Å². The van der Waals surface area contributed by atoms with E-state index in [1.54, 1.807) is 0 Å². The predicted octanol–water partition coefficient (Wildman–Crippen LogP) is 2.36. The van der Waals surface area contributed by atoms with Crippen LogP contribution in [0.5, 0.6) is 0 Å². The molecule has 1 aliphatic carbocycles. The first-order chi connectivity index (χ1) is 7.79. The first kappa shape index (κ1) is 11.6. The minimum absolute atomic E-state index is 0.752. The van der Waals surface area contributed by atoms with E-state index in [9.17, 15) is 0 Å². The van der Waals surface area contributed by atoms with Gasteiger partial charge >= 0.3 is 0 Å². The van der Waals surface area contributed by atoms with Crippen LogP contribution in [0.2, 0.25) is 0 Å². The van der Waals surface area contributed by atoms with Crippen molar-refractivity contribution in [1.29, 1.82) is 0 Å². The third kappa shape index (κ3) is 3.34. The molecule has 1 fully saturated rings. The molecule has 1 N–H and O–H groups in total. The van der Waals surface area contributed by atoms with Gasteiger partial charge in [0.15, 0.2) is 0 Å². The number of rotatable bonds is 7. The third-order valence-corrected chi connectivity index (χ3v) is 3.30. The van der Waals surface area contributed by atoms with Gasteiger partial charge in [0.1, 0.15) is 0 Å². The third-order valence-electron chi connectivity index (χ3n) is 3.30. The zero-order valence-corrected chi connectivity index (χ0v) is 10.4. The molecular formula is C13H23N3. The van der Waals surface area contributed by atoms with Crippen molar-refractivity contribution in [3.8, 4) is 0 Å². The van der Waals surface area contributed by atoms with Crippen molar-refractivity contribution in [1.82, 2.24) is 15.1 Å². The van der Waals surface area contributed by atoms with E-state index >= 15 is 0 Å². The van der Waals surface area contributed by atoms with E-state index < -0.39 is 0 Å². The molecule has 3 heteroatoms. The first-order valence-electron chi connectivity index (χ1n) is 6.52. The SMILES string of the molecule is CCCC(NCCn1cc(C)cn1)C1CC1. The Labute approximate surface area is 98.2 Å². The molecule has 0 saturated heterocycles. The van der Waals surface area contributed by atoms with E-state index in [1.165, 1.54) is 31.2 Å². The fourth-order valence-electron chi connectivity index (χ4n) is 2.27. The van der Waals surface area contributed by atoms with E-state index in [-0.39, 0.29) is 0 Å². The molecule has 16 heavy (non-hydrogen) atoms. The van der Waals surface area contributed by atoms with Crippen molar-refractivity contribution < 1.29 is 0 Å². The van der Waals surface area contributed by atoms with Crippen molar-refractivity contribution in [2.75, 3.05) is 6.54 Å². The average molecular weight is 221 g/mol. The number of aryl methyl sites for hydroxylation is 1. The lowest BCUT2D eigenvalue weighted by Gasteiger charge is -2.17. The van der Waals surface area contributed by atoms with Gasteiger partial charge in [-0.2, -0.15) is 5.10 Å². The summed E-state index contributed by atoms with van der Waals surface area (Å²) >= 11 is 0. The van der Waals surface area contributed by atoms with Crippen LogP contribution in [0.1, 0.15) is 38.2 Å². The highest BCUT2D eigenvalue weighted by Gasteiger charge is 2.29. The van der Waals surface area contributed by atoms with E-state index in [0.717, 1.165) is 25.0 Å². The lowest BCUT2D eigenvalue weighted by Crippen LogP contribution is -2.33. The Balaban J connectivity index is 1.69. The Morgan fingerprint density at radius 1 is 1.56 bits per heavy atom. The minimum Gasteiger partial charge on any atom is -0.312 e. The molecule has 0 aromatic carbocycles. The van der Waals surface area contributed by atoms with E-state index in [0.29, 0.717) is 0 Å². The monoisotopic (exact) mass is 221 g/mol. The highest BCUT2D eigenvalue weighted by atomic mass is 15.3. The molecule has 0 radical (unpaired) electrons. The molecular weight excluding hydrogens is 198 g/mol. The van der Waals surface area contributed by atoms with Crippen LogP contribution in [-0.4, -0.2) is 22.4 Å². The zero-order chi connectivity index (χ0) is 11.4. The summed E-state index contributed by atoms with van der Waals surface area (Å²) in [4.78, 5) is 0. The normalized spacial score (nSPS) is 17.6. The van der Waals surface area contributed by atoms with Gasteiger partial charge in [0.05, 0.1) is 12.7 Å². The first-order valence-corrected chi connectivity index (χ1v) is 6.52. The summed E-state index contributed by atoms with van der Waals surface area (Å²) in [5.41, 5.74) is 1.24. The molecule has 0 amide bonds. The van der Waals surface area contributed by atoms with Gasteiger partial charge in [0, 0.05) is 18.8 Å². The van der Waals surface area contributed by atoms with Gasteiger partial charge in [-0.05, 0) is 37.7 Å². The number of nitrogens with zero attached hydrogens (tertiary/aromatic N) is 2. The molecule has 1 unspecified atom stereocenters. The summed E-state index contributed by atoms with van der Waals surface area (Å²) in [6, 6.07) is 0.752. The highest BCUT2D eigenvalue weighted by Crippen LogP contribution is 2.34. The number of nitrogens with one attached hydrogen (secondary N) is 1. The van der Waals surface area contributed by atoms with Gasteiger partial charge in [-0.1, -0.05) is 13.3 Å². The number of aromatic nitrogens is 2. The summed E-state index contributed by atoms with van der Waals surface area (Å²) in [6.45, 7) is 6.39. The highest BCUT2D eigenvalue weighted by molar-refractivity contribution is 4.99. The van der Waals surface area contributed by atoms with Gasteiger partial charge in [-0.3, -0.25) is 4.68 Å². The second-order valence-corrected chi connectivity index (χ2v) is 4.97. The quantitative estimate of drug-likeness (QED) is 0.766. The van der Waals surface area contributed by atoms with E-state index in [4.69, 9.17) is 0 Å². The maximum absolute atomic E-state index is 4.30. The average Bonchev–Trinajstić information content (AvgIpc) is 3.02. The summed E-state index contributed by atoms with van der Waals surface area (Å²) in [5.74, 6) is 0.958. The minimum atomic E-state index is 0.752. The predicted molar refractivity (Wildman–Crippen MR) is 66.4 cm³/mol. The van der Waals surface area contributed by atoms with Crippen LogP contribution in [0.15, 0.2) is 12.4 Å². The van der Waals surface area contributed by atoms with Gasteiger partial charge < -0.3 is 5.32 Å². The fraction of sp³-hybridized carbons (Fsp3) is 0.769. The van der Waals surface area contributed by atoms with Gasteiger partial charge in [0.2, 0.25) is 0 Å². The molecule has 1 saturated carbocycles. The molecule has 3 nitrogen and oxygen atoms in total. The molecule has 1 aliphatic rings. The summed E-state index contributed by atoms with van der Waals surface area (Å²) in [7, 11) is 0. The van der Waals surface area contributed by atoms with Crippen LogP contribution in [0.4, 0.5) is 0 Å². The van der Waals surface area contributed by atoms with Crippen LogP contribution in [0.25, 0.3) is 0 Å². The maximum atomic E-state index is 4.30. The fourth-order valence-corrected chi connectivity index (χ4v) is 2.27. The molecule has 1 aromatic rings. The van der Waals surface area contributed by atoms with Crippen molar-refractivity contribution in [2.45, 2.75) is 52.1 Å². The molecule has 1 aromatic heterocycles. The van der Waals surface area contributed by atoms with E-state index in [1.807, 2.05) is 10.9 Å². The van der Waals surface area contributed by atoms with Crippen LogP contribution in [0, 0.1) is 12.8 Å². The summed E-state index contributed by atoms with van der Waals surface area (Å²) in [5, 5.41) is 7.98. The largest absolute Gasteiger partial charge is 0.312 e. The Morgan fingerprint density at radius 2 is 2.38 bits per heavy atom. The summed E-state index contributed by atoms with van der Waals surface area (Å²) < 4.78 is 2.03. The van der Waals surface area contributed by atoms with Crippen LogP contribution in [0.3, 0.4) is 0 Å². The maximum Gasteiger partial charge on any atom is 0.0534 e. The van der Waals surface area contributed by atoms with Crippen molar-refractivity contribution in [2.24, 2.45) is 5.92 Å². The Bertz CT molecular complexity index is 315. The second-order valence-electron chi connectivity index (χ2n) is 4.97.